The van der Waals surface area contributed by atoms with Crippen LogP contribution in [0.2, 0.25) is 0 Å². The molecule has 0 atom stereocenters. The molecule has 4 heteroatoms. The van der Waals surface area contributed by atoms with E-state index in [0.29, 0.717) is 30.3 Å². The summed E-state index contributed by atoms with van der Waals surface area (Å²) in [6.45, 7) is 7.53. The van der Waals surface area contributed by atoms with E-state index >= 15 is 0 Å². The van der Waals surface area contributed by atoms with Gasteiger partial charge in [-0.1, -0.05) is 0 Å². The van der Waals surface area contributed by atoms with Crippen LogP contribution in [0.3, 0.4) is 0 Å². The van der Waals surface area contributed by atoms with Crippen LogP contribution < -0.4 is 19.5 Å². The molecule has 0 saturated heterocycles. The third-order valence-corrected chi connectivity index (χ3v) is 2.84. The normalized spacial score (nSPS) is 10.9. The molecule has 0 aliphatic carbocycles. The van der Waals surface area contributed by atoms with Gasteiger partial charge in [-0.3, -0.25) is 0 Å². The van der Waals surface area contributed by atoms with Crippen LogP contribution in [0.5, 0.6) is 17.2 Å². The second kappa shape index (κ2) is 7.80. The van der Waals surface area contributed by atoms with Crippen LogP contribution in [0.25, 0.3) is 0 Å². The van der Waals surface area contributed by atoms with Gasteiger partial charge in [0.2, 0.25) is 5.75 Å². The fourth-order valence-electron chi connectivity index (χ4n) is 1.76. The van der Waals surface area contributed by atoms with Crippen LogP contribution in [0.1, 0.15) is 32.8 Å². The topological polar surface area (TPSA) is 39.7 Å². The maximum Gasteiger partial charge on any atom is 0.203 e. The van der Waals surface area contributed by atoms with Crippen LogP contribution >= 0.6 is 0 Å². The van der Waals surface area contributed by atoms with E-state index in [1.165, 1.54) is 0 Å². The first kappa shape index (κ1) is 17.2. The fraction of sp³-hybridized carbons (Fsp3) is 0.529. The van der Waals surface area contributed by atoms with Gasteiger partial charge in [0.25, 0.3) is 0 Å². The van der Waals surface area contributed by atoms with E-state index in [2.05, 4.69) is 32.0 Å². The number of rotatable bonds is 7. The summed E-state index contributed by atoms with van der Waals surface area (Å²) in [7, 11) is 3.23. The summed E-state index contributed by atoms with van der Waals surface area (Å²) in [5.74, 6) is 4.44. The van der Waals surface area contributed by atoms with Gasteiger partial charge in [-0.05, 0) is 38.5 Å². The van der Waals surface area contributed by atoms with Gasteiger partial charge in [-0.15, -0.1) is 12.3 Å². The molecule has 0 fully saturated rings. The first-order valence-corrected chi connectivity index (χ1v) is 6.97. The molecule has 1 aromatic carbocycles. The SMILES string of the molecule is C#CCCOc1c(OC)cc(CNC(C)(C)C)cc1OC. The minimum absolute atomic E-state index is 0.0441. The van der Waals surface area contributed by atoms with Crippen molar-refractivity contribution in [2.24, 2.45) is 0 Å². The van der Waals surface area contributed by atoms with Gasteiger partial charge in [-0.2, -0.15) is 0 Å². The number of ether oxygens (including phenoxy) is 3. The van der Waals surface area contributed by atoms with Gasteiger partial charge in [0.15, 0.2) is 11.5 Å². The maximum absolute atomic E-state index is 5.68. The lowest BCUT2D eigenvalue weighted by atomic mass is 10.1. The first-order chi connectivity index (χ1) is 9.91. The van der Waals surface area contributed by atoms with Crippen molar-refractivity contribution in [2.45, 2.75) is 39.3 Å². The molecule has 0 spiro atoms. The minimum atomic E-state index is 0.0441. The summed E-state index contributed by atoms with van der Waals surface area (Å²) < 4.78 is 16.5. The summed E-state index contributed by atoms with van der Waals surface area (Å²) in [5, 5.41) is 3.43. The minimum Gasteiger partial charge on any atom is -0.493 e. The largest absolute Gasteiger partial charge is 0.493 e. The van der Waals surface area contributed by atoms with Crippen molar-refractivity contribution in [3.63, 3.8) is 0 Å². The fourth-order valence-corrected chi connectivity index (χ4v) is 1.76. The molecule has 0 heterocycles. The Bertz CT molecular complexity index is 473. The summed E-state index contributed by atoms with van der Waals surface area (Å²) in [4.78, 5) is 0. The Morgan fingerprint density at radius 1 is 1.14 bits per heavy atom. The number of methoxy groups -OCH3 is 2. The summed E-state index contributed by atoms with van der Waals surface area (Å²) in [6.07, 6.45) is 5.78. The average molecular weight is 291 g/mol. The molecule has 0 saturated carbocycles. The summed E-state index contributed by atoms with van der Waals surface area (Å²) in [6, 6.07) is 3.90. The van der Waals surface area contributed by atoms with Gasteiger partial charge in [0.1, 0.15) is 0 Å². The molecule has 116 valence electrons. The Kier molecular flexibility index (Phi) is 6.39. The molecule has 0 aromatic heterocycles. The molecule has 0 amide bonds. The monoisotopic (exact) mass is 291 g/mol. The van der Waals surface area contributed by atoms with E-state index in [4.69, 9.17) is 20.6 Å². The zero-order valence-electron chi connectivity index (χ0n) is 13.6. The van der Waals surface area contributed by atoms with Crippen molar-refractivity contribution in [3.8, 4) is 29.6 Å². The molecule has 1 rings (SSSR count). The Balaban J connectivity index is 2.97. The van der Waals surface area contributed by atoms with Crippen molar-refractivity contribution < 1.29 is 14.2 Å². The quantitative estimate of drug-likeness (QED) is 0.619. The summed E-state index contributed by atoms with van der Waals surface area (Å²) >= 11 is 0. The first-order valence-electron chi connectivity index (χ1n) is 6.97. The van der Waals surface area contributed by atoms with Gasteiger partial charge in [0.05, 0.1) is 20.8 Å². The predicted octanol–water partition coefficient (Wildman–Crippen LogP) is 2.99. The highest BCUT2D eigenvalue weighted by atomic mass is 16.5. The zero-order chi connectivity index (χ0) is 15.9. The van der Waals surface area contributed by atoms with E-state index in [1.54, 1.807) is 14.2 Å². The van der Waals surface area contributed by atoms with Gasteiger partial charge in [-0.25, -0.2) is 0 Å². The molecule has 21 heavy (non-hydrogen) atoms. The maximum atomic E-state index is 5.68. The lowest BCUT2D eigenvalue weighted by molar-refractivity contribution is 0.280. The second-order valence-corrected chi connectivity index (χ2v) is 5.74. The number of terminal acetylenes is 1. The average Bonchev–Trinajstić information content (AvgIpc) is 2.44. The van der Waals surface area contributed by atoms with E-state index in [1.807, 2.05) is 12.1 Å². The molecular weight excluding hydrogens is 266 g/mol. The Labute approximate surface area is 127 Å². The van der Waals surface area contributed by atoms with Crippen LogP contribution in [0.4, 0.5) is 0 Å². The van der Waals surface area contributed by atoms with E-state index < -0.39 is 0 Å². The van der Waals surface area contributed by atoms with Crippen LogP contribution in [-0.2, 0) is 6.54 Å². The number of hydrogen-bond acceptors (Lipinski definition) is 4. The predicted molar refractivity (Wildman–Crippen MR) is 85.1 cm³/mol. The van der Waals surface area contributed by atoms with Gasteiger partial charge in [0, 0.05) is 18.5 Å². The van der Waals surface area contributed by atoms with E-state index in [9.17, 15) is 0 Å². The molecule has 0 bridgehead atoms. The van der Waals surface area contributed by atoms with Crippen molar-refractivity contribution in [2.75, 3.05) is 20.8 Å². The Hall–Kier alpha value is -1.86. The molecule has 0 aliphatic rings. The molecule has 1 N–H and O–H groups in total. The highest BCUT2D eigenvalue weighted by Gasteiger charge is 2.15. The highest BCUT2D eigenvalue weighted by molar-refractivity contribution is 5.53. The van der Waals surface area contributed by atoms with Gasteiger partial charge < -0.3 is 19.5 Å². The van der Waals surface area contributed by atoms with Crippen molar-refractivity contribution in [1.82, 2.24) is 5.32 Å². The number of benzene rings is 1. The van der Waals surface area contributed by atoms with Crippen LogP contribution in [0.15, 0.2) is 12.1 Å². The van der Waals surface area contributed by atoms with E-state index in [0.717, 1.165) is 12.1 Å². The van der Waals surface area contributed by atoms with Crippen molar-refractivity contribution >= 4 is 0 Å². The Morgan fingerprint density at radius 3 is 2.14 bits per heavy atom. The third kappa shape index (κ3) is 5.57. The van der Waals surface area contributed by atoms with Crippen LogP contribution in [-0.4, -0.2) is 26.4 Å². The van der Waals surface area contributed by atoms with Gasteiger partial charge >= 0.3 is 0 Å². The molecular formula is C17H25NO3. The second-order valence-electron chi connectivity index (χ2n) is 5.74. The van der Waals surface area contributed by atoms with Crippen molar-refractivity contribution in [3.05, 3.63) is 17.7 Å². The molecule has 4 nitrogen and oxygen atoms in total. The third-order valence-electron chi connectivity index (χ3n) is 2.84. The summed E-state index contributed by atoms with van der Waals surface area (Å²) in [5.41, 5.74) is 1.12. The molecule has 0 aliphatic heterocycles. The highest BCUT2D eigenvalue weighted by Crippen LogP contribution is 2.38. The smallest absolute Gasteiger partial charge is 0.203 e. The molecule has 0 radical (unpaired) electrons. The molecule has 0 unspecified atom stereocenters. The lowest BCUT2D eigenvalue weighted by Gasteiger charge is -2.21. The lowest BCUT2D eigenvalue weighted by Crippen LogP contribution is -2.35. The number of nitrogens with one attached hydrogen (secondary N) is 1. The van der Waals surface area contributed by atoms with Crippen molar-refractivity contribution in [1.29, 1.82) is 0 Å². The standard InChI is InChI=1S/C17H25NO3/c1-7-8-9-21-16-14(19-5)10-13(11-15(16)20-6)12-18-17(2,3)4/h1,10-11,18H,8-9,12H2,2-6H3. The molecule has 1 aromatic rings. The van der Waals surface area contributed by atoms with Crippen LogP contribution in [0, 0.1) is 12.3 Å². The van der Waals surface area contributed by atoms with E-state index in [-0.39, 0.29) is 5.54 Å². The number of hydrogen-bond donors (Lipinski definition) is 1. The Morgan fingerprint density at radius 2 is 1.71 bits per heavy atom. The zero-order valence-corrected chi connectivity index (χ0v) is 13.6.